The molecule has 3 unspecified atom stereocenters. The molecule has 1 aliphatic carbocycles. The van der Waals surface area contributed by atoms with Gasteiger partial charge in [0.25, 0.3) is 0 Å². The van der Waals surface area contributed by atoms with Gasteiger partial charge in [-0.2, -0.15) is 0 Å². The lowest BCUT2D eigenvalue weighted by Gasteiger charge is -2.37. The molecule has 0 aromatic carbocycles. The number of nitrogens with two attached hydrogens (primary N) is 1. The van der Waals surface area contributed by atoms with Gasteiger partial charge in [0.05, 0.1) is 12.2 Å². The predicted octanol–water partition coefficient (Wildman–Crippen LogP) is 0.0954. The Kier molecular flexibility index (Phi) is 5.42. The third-order valence-electron chi connectivity index (χ3n) is 3.89. The van der Waals surface area contributed by atoms with Crippen molar-refractivity contribution in [1.29, 1.82) is 0 Å². The minimum Gasteiger partial charge on any atom is -0.393 e. The number of aliphatic hydroxyl groups excluding tert-OH is 1. The number of fused-ring (bicyclic) bond motifs is 2. The number of hydrogen-bond acceptors (Lipinski definition) is 4. The third kappa shape index (κ3) is 4.63. The molecule has 3 aliphatic rings. The number of carbonyl (C=O) groups is 1. The molecule has 0 radical (unpaired) electrons. The molecule has 1 saturated carbocycles. The van der Waals surface area contributed by atoms with E-state index in [2.05, 4.69) is 10.6 Å². The monoisotopic (exact) mass is 271 g/mol. The smallest absolute Gasteiger partial charge is 0.315 e. The van der Waals surface area contributed by atoms with Crippen LogP contribution in [0.1, 0.15) is 38.5 Å². The van der Waals surface area contributed by atoms with Gasteiger partial charge in [0, 0.05) is 25.2 Å². The third-order valence-corrected chi connectivity index (χ3v) is 3.89. The van der Waals surface area contributed by atoms with Crippen LogP contribution in [-0.2, 0) is 4.74 Å². The summed E-state index contributed by atoms with van der Waals surface area (Å²) in [7, 11) is 0. The van der Waals surface area contributed by atoms with Gasteiger partial charge < -0.3 is 26.2 Å². The molecule has 0 aromatic heterocycles. The molecule has 110 valence electrons. The summed E-state index contributed by atoms with van der Waals surface area (Å²) in [5.74, 6) is 0. The van der Waals surface area contributed by atoms with Crippen LogP contribution in [0.3, 0.4) is 0 Å². The summed E-state index contributed by atoms with van der Waals surface area (Å²) in [6.45, 7) is 1.61. The summed E-state index contributed by atoms with van der Waals surface area (Å²) in [5.41, 5.74) is 5.38. The van der Waals surface area contributed by atoms with Crippen LogP contribution in [0.2, 0.25) is 0 Å². The summed E-state index contributed by atoms with van der Waals surface area (Å²) in [4.78, 5) is 10.9. The van der Waals surface area contributed by atoms with E-state index in [0.29, 0.717) is 25.5 Å². The zero-order valence-electron chi connectivity index (χ0n) is 11.3. The van der Waals surface area contributed by atoms with Gasteiger partial charge in [0.1, 0.15) is 0 Å². The molecule has 5 N–H and O–H groups in total. The molecule has 2 heterocycles. The molecule has 2 saturated heterocycles. The normalized spacial score (nSPS) is 37.5. The Labute approximate surface area is 114 Å². The zero-order chi connectivity index (χ0) is 13.7. The zero-order valence-corrected chi connectivity index (χ0v) is 11.3. The first kappa shape index (κ1) is 14.6. The van der Waals surface area contributed by atoms with E-state index in [0.717, 1.165) is 19.4 Å². The van der Waals surface area contributed by atoms with E-state index in [1.807, 2.05) is 0 Å². The summed E-state index contributed by atoms with van der Waals surface area (Å²) in [6.07, 6.45) is 6.18. The van der Waals surface area contributed by atoms with Crippen LogP contribution in [0.25, 0.3) is 0 Å². The van der Waals surface area contributed by atoms with Gasteiger partial charge in [-0.1, -0.05) is 0 Å². The maximum absolute atomic E-state index is 10.9. The number of hydrogen-bond donors (Lipinski definition) is 4. The highest BCUT2D eigenvalue weighted by molar-refractivity contribution is 5.75. The number of urea groups is 1. The number of amides is 2. The average Bonchev–Trinajstić information content (AvgIpc) is 2.38. The molecule has 3 atom stereocenters. The van der Waals surface area contributed by atoms with Crippen LogP contribution in [0.4, 0.5) is 4.79 Å². The highest BCUT2D eigenvalue weighted by Crippen LogP contribution is 2.21. The Bertz CT molecular complexity index is 275. The van der Waals surface area contributed by atoms with E-state index in [1.165, 1.54) is 12.8 Å². The Morgan fingerprint density at radius 1 is 1.21 bits per heavy atom. The first-order valence-corrected chi connectivity index (χ1v) is 7.24. The summed E-state index contributed by atoms with van der Waals surface area (Å²) in [5, 5.41) is 14.8. The number of aliphatic hydroxyl groups is 1. The number of ether oxygens (including phenoxy) is 1. The molecule has 0 spiro atoms. The van der Waals surface area contributed by atoms with Crippen molar-refractivity contribution in [2.24, 2.45) is 5.73 Å². The van der Waals surface area contributed by atoms with Crippen molar-refractivity contribution in [1.82, 2.24) is 10.6 Å². The van der Waals surface area contributed by atoms with Crippen molar-refractivity contribution in [2.75, 3.05) is 13.2 Å². The molecule has 0 aromatic rings. The van der Waals surface area contributed by atoms with Crippen LogP contribution >= 0.6 is 0 Å². The SMILES string of the molecule is NCC1CCCCO1.O=C1NC2CC(O)CC(C2)N1. The molecule has 19 heavy (non-hydrogen) atoms. The van der Waals surface area contributed by atoms with Crippen molar-refractivity contribution < 1.29 is 14.6 Å². The van der Waals surface area contributed by atoms with E-state index >= 15 is 0 Å². The summed E-state index contributed by atoms with van der Waals surface area (Å²) >= 11 is 0. The Hall–Kier alpha value is -0.850. The molecule has 2 amide bonds. The molecular formula is C13H25N3O3. The van der Waals surface area contributed by atoms with Gasteiger partial charge >= 0.3 is 6.03 Å². The summed E-state index contributed by atoms with van der Waals surface area (Å²) in [6, 6.07) is 0.299. The lowest BCUT2D eigenvalue weighted by Crippen LogP contribution is -2.58. The lowest BCUT2D eigenvalue weighted by molar-refractivity contribution is 0.0222. The fraction of sp³-hybridized carbons (Fsp3) is 0.923. The maximum atomic E-state index is 10.9. The fourth-order valence-corrected chi connectivity index (χ4v) is 2.93. The van der Waals surface area contributed by atoms with Gasteiger partial charge in [0.2, 0.25) is 0 Å². The van der Waals surface area contributed by atoms with Crippen LogP contribution in [0.5, 0.6) is 0 Å². The van der Waals surface area contributed by atoms with Crippen molar-refractivity contribution >= 4 is 6.03 Å². The van der Waals surface area contributed by atoms with E-state index in [-0.39, 0.29) is 24.2 Å². The van der Waals surface area contributed by atoms with Gasteiger partial charge in [0.15, 0.2) is 0 Å². The van der Waals surface area contributed by atoms with E-state index in [9.17, 15) is 9.90 Å². The maximum Gasteiger partial charge on any atom is 0.315 e. The number of carbonyl (C=O) groups excluding carboxylic acids is 1. The summed E-state index contributed by atoms with van der Waals surface area (Å²) < 4.78 is 5.30. The van der Waals surface area contributed by atoms with Crippen LogP contribution < -0.4 is 16.4 Å². The molecule has 2 aliphatic heterocycles. The quantitative estimate of drug-likeness (QED) is 0.543. The number of rotatable bonds is 1. The van der Waals surface area contributed by atoms with Crippen molar-refractivity contribution in [3.8, 4) is 0 Å². The highest BCUT2D eigenvalue weighted by atomic mass is 16.5. The van der Waals surface area contributed by atoms with Crippen molar-refractivity contribution in [3.63, 3.8) is 0 Å². The first-order valence-electron chi connectivity index (χ1n) is 7.24. The van der Waals surface area contributed by atoms with Crippen molar-refractivity contribution in [2.45, 2.75) is 62.8 Å². The molecule has 2 bridgehead atoms. The van der Waals surface area contributed by atoms with Crippen LogP contribution in [0.15, 0.2) is 0 Å². The van der Waals surface area contributed by atoms with Gasteiger partial charge in [-0.15, -0.1) is 0 Å². The van der Waals surface area contributed by atoms with Crippen LogP contribution in [0, 0.1) is 0 Å². The molecule has 3 rings (SSSR count). The van der Waals surface area contributed by atoms with Crippen LogP contribution in [-0.4, -0.2) is 48.6 Å². The highest BCUT2D eigenvalue weighted by Gasteiger charge is 2.33. The van der Waals surface area contributed by atoms with Gasteiger partial charge in [-0.3, -0.25) is 0 Å². The fourth-order valence-electron chi connectivity index (χ4n) is 2.93. The molecule has 6 nitrogen and oxygen atoms in total. The van der Waals surface area contributed by atoms with Gasteiger partial charge in [-0.25, -0.2) is 4.79 Å². The second kappa shape index (κ2) is 7.07. The number of nitrogens with one attached hydrogen (secondary N) is 2. The molecular weight excluding hydrogens is 246 g/mol. The Morgan fingerprint density at radius 3 is 2.37 bits per heavy atom. The minimum atomic E-state index is -0.244. The largest absolute Gasteiger partial charge is 0.393 e. The second-order valence-corrected chi connectivity index (χ2v) is 5.60. The lowest BCUT2D eigenvalue weighted by atomic mass is 9.87. The average molecular weight is 271 g/mol. The minimum absolute atomic E-state index is 0.0850. The van der Waals surface area contributed by atoms with E-state index < -0.39 is 0 Å². The standard InChI is InChI=1S/C7H12N2O2.C6H13NO/c10-6-2-4-1-5(3-6)9-7(11)8-4;7-5-6-3-1-2-4-8-6/h4-6,10H,1-3H2,(H2,8,9,11);6H,1-5,7H2. The topological polar surface area (TPSA) is 96.6 Å². The Balaban J connectivity index is 0.000000148. The van der Waals surface area contributed by atoms with E-state index in [1.54, 1.807) is 0 Å². The molecule has 3 fully saturated rings. The van der Waals surface area contributed by atoms with Gasteiger partial charge in [-0.05, 0) is 38.5 Å². The van der Waals surface area contributed by atoms with E-state index in [4.69, 9.17) is 10.5 Å². The predicted molar refractivity (Wildman–Crippen MR) is 71.7 cm³/mol. The molecule has 6 heteroatoms. The Morgan fingerprint density at radius 2 is 1.89 bits per heavy atom. The first-order chi connectivity index (χ1) is 9.17. The van der Waals surface area contributed by atoms with Crippen molar-refractivity contribution in [3.05, 3.63) is 0 Å². The second-order valence-electron chi connectivity index (χ2n) is 5.60.